The van der Waals surface area contributed by atoms with Gasteiger partial charge in [0, 0.05) is 31.7 Å². The quantitative estimate of drug-likeness (QED) is 0.786. The molecule has 0 saturated heterocycles. The van der Waals surface area contributed by atoms with Crippen LogP contribution in [-0.2, 0) is 21.4 Å². The molecule has 1 N–H and O–H groups in total. The first-order chi connectivity index (χ1) is 11.8. The molecule has 2 aromatic carbocycles. The lowest BCUT2D eigenvalue weighted by atomic mass is 10.2. The summed E-state index contributed by atoms with van der Waals surface area (Å²) in [4.78, 5) is 12.2. The van der Waals surface area contributed by atoms with Gasteiger partial charge in [-0.15, -0.1) is 0 Å². The van der Waals surface area contributed by atoms with Crippen LogP contribution in [0.3, 0.4) is 0 Å². The minimum atomic E-state index is -3.57. The summed E-state index contributed by atoms with van der Waals surface area (Å²) in [6.07, 6.45) is 3.03. The largest absolute Gasteiger partial charge is 0.348 e. The van der Waals surface area contributed by atoms with E-state index in [1.807, 2.05) is 6.07 Å². The average molecular weight is 379 g/mol. The predicted molar refractivity (Wildman–Crippen MR) is 99.6 cm³/mol. The third-order valence-electron chi connectivity index (χ3n) is 3.46. The van der Waals surface area contributed by atoms with E-state index < -0.39 is 10.0 Å². The lowest BCUT2D eigenvalue weighted by Gasteiger charge is -2.15. The number of nitrogens with zero attached hydrogens (tertiary/aromatic N) is 1. The molecule has 25 heavy (non-hydrogen) atoms. The number of nitrogens with one attached hydrogen (secondary N) is 1. The molecule has 0 aliphatic carbocycles. The molecular formula is C18H19ClN2O3S. The van der Waals surface area contributed by atoms with E-state index in [0.717, 1.165) is 9.87 Å². The Morgan fingerprint density at radius 1 is 1.16 bits per heavy atom. The van der Waals surface area contributed by atoms with Gasteiger partial charge in [-0.3, -0.25) is 4.79 Å². The topological polar surface area (TPSA) is 66.5 Å². The van der Waals surface area contributed by atoms with Crippen LogP contribution in [0.15, 0.2) is 59.5 Å². The van der Waals surface area contributed by atoms with Gasteiger partial charge in [0.1, 0.15) is 0 Å². The summed E-state index contributed by atoms with van der Waals surface area (Å²) in [6.45, 7) is 0.113. The highest BCUT2D eigenvalue weighted by Gasteiger charge is 2.20. The lowest BCUT2D eigenvalue weighted by Crippen LogP contribution is -2.26. The highest BCUT2D eigenvalue weighted by Crippen LogP contribution is 2.18. The maximum atomic E-state index is 12.3. The molecule has 7 heteroatoms. The molecule has 0 bridgehead atoms. The van der Waals surface area contributed by atoms with Crippen molar-refractivity contribution >= 4 is 33.6 Å². The van der Waals surface area contributed by atoms with Gasteiger partial charge in [-0.05, 0) is 35.4 Å². The summed E-state index contributed by atoms with van der Waals surface area (Å²) in [7, 11) is -0.625. The number of amides is 1. The third kappa shape index (κ3) is 5.16. The molecule has 0 saturated carbocycles. The monoisotopic (exact) mass is 378 g/mol. The van der Waals surface area contributed by atoms with E-state index >= 15 is 0 Å². The summed E-state index contributed by atoms with van der Waals surface area (Å²) in [6, 6.07) is 13.7. The van der Waals surface area contributed by atoms with Crippen LogP contribution in [-0.4, -0.2) is 32.7 Å². The predicted octanol–water partition coefficient (Wildman–Crippen LogP) is 2.92. The van der Waals surface area contributed by atoms with Crippen LogP contribution >= 0.6 is 11.6 Å². The van der Waals surface area contributed by atoms with Gasteiger partial charge in [0.25, 0.3) is 0 Å². The molecule has 1 amide bonds. The summed E-state index contributed by atoms with van der Waals surface area (Å²) in [5.41, 5.74) is 1.33. The zero-order chi connectivity index (χ0) is 18.4. The molecule has 0 aliphatic rings. The van der Waals surface area contributed by atoms with E-state index in [-0.39, 0.29) is 17.3 Å². The zero-order valence-electron chi connectivity index (χ0n) is 13.9. The van der Waals surface area contributed by atoms with Crippen molar-refractivity contribution < 1.29 is 13.2 Å². The number of carbonyl (C=O) groups excluding carboxylic acids is 1. The number of sulfonamides is 1. The summed E-state index contributed by atoms with van der Waals surface area (Å²) < 4.78 is 25.8. The van der Waals surface area contributed by atoms with E-state index in [1.54, 1.807) is 42.5 Å². The molecule has 0 aliphatic heterocycles. The molecule has 0 fully saturated rings. The van der Waals surface area contributed by atoms with Gasteiger partial charge in [-0.1, -0.05) is 41.9 Å². The first-order valence-electron chi connectivity index (χ1n) is 7.52. The second kappa shape index (κ2) is 8.29. The molecular weight excluding hydrogens is 360 g/mol. The number of halogens is 1. The number of hydrogen-bond acceptors (Lipinski definition) is 3. The van der Waals surface area contributed by atoms with Crippen LogP contribution in [0.25, 0.3) is 6.08 Å². The molecule has 0 atom stereocenters. The van der Waals surface area contributed by atoms with Crippen molar-refractivity contribution in [1.29, 1.82) is 0 Å². The molecule has 132 valence electrons. The number of benzene rings is 2. The van der Waals surface area contributed by atoms with Gasteiger partial charge < -0.3 is 5.32 Å². The van der Waals surface area contributed by atoms with Gasteiger partial charge in [-0.25, -0.2) is 12.7 Å². The maximum Gasteiger partial charge on any atom is 0.244 e. The van der Waals surface area contributed by atoms with Crippen LogP contribution < -0.4 is 5.32 Å². The molecule has 2 aromatic rings. The van der Waals surface area contributed by atoms with Gasteiger partial charge in [0.05, 0.1) is 4.90 Å². The van der Waals surface area contributed by atoms with E-state index in [9.17, 15) is 13.2 Å². The Morgan fingerprint density at radius 2 is 1.88 bits per heavy atom. The summed E-state index contributed by atoms with van der Waals surface area (Å²) in [5.74, 6) is -0.322. The molecule has 0 radical (unpaired) electrons. The second-order valence-corrected chi connectivity index (χ2v) is 8.06. The van der Waals surface area contributed by atoms with Crippen molar-refractivity contribution in [2.24, 2.45) is 0 Å². The highest BCUT2D eigenvalue weighted by molar-refractivity contribution is 7.89. The number of rotatable bonds is 6. The highest BCUT2D eigenvalue weighted by atomic mass is 35.5. The van der Waals surface area contributed by atoms with Gasteiger partial charge in [0.2, 0.25) is 15.9 Å². The fourth-order valence-corrected chi connectivity index (χ4v) is 3.44. The van der Waals surface area contributed by atoms with Crippen molar-refractivity contribution in [3.8, 4) is 0 Å². The Hall–Kier alpha value is -2.15. The Morgan fingerprint density at radius 3 is 2.56 bits per heavy atom. The molecule has 0 aromatic heterocycles. The van der Waals surface area contributed by atoms with Crippen LogP contribution in [0, 0.1) is 0 Å². The minimum Gasteiger partial charge on any atom is -0.348 e. The second-order valence-electron chi connectivity index (χ2n) is 5.50. The SMILES string of the molecule is CN(C)S(=O)(=O)c1ccccc1CNC(=O)/C=C/c1cccc(Cl)c1. The number of carbonyl (C=O) groups is 1. The van der Waals surface area contributed by atoms with E-state index in [4.69, 9.17) is 11.6 Å². The van der Waals surface area contributed by atoms with Crippen LogP contribution in [0.4, 0.5) is 0 Å². The smallest absolute Gasteiger partial charge is 0.244 e. The van der Waals surface area contributed by atoms with Crippen LogP contribution in [0.5, 0.6) is 0 Å². The fraction of sp³-hybridized carbons (Fsp3) is 0.167. The van der Waals surface area contributed by atoms with E-state index in [2.05, 4.69) is 5.32 Å². The van der Waals surface area contributed by atoms with E-state index in [1.165, 1.54) is 26.2 Å². The van der Waals surface area contributed by atoms with Crippen molar-refractivity contribution in [1.82, 2.24) is 9.62 Å². The summed E-state index contributed by atoms with van der Waals surface area (Å²) >= 11 is 5.89. The van der Waals surface area contributed by atoms with Gasteiger partial charge >= 0.3 is 0 Å². The van der Waals surface area contributed by atoms with Gasteiger partial charge in [0.15, 0.2) is 0 Å². The third-order valence-corrected chi connectivity index (χ3v) is 5.61. The molecule has 0 heterocycles. The first-order valence-corrected chi connectivity index (χ1v) is 9.34. The molecule has 2 rings (SSSR count). The summed E-state index contributed by atoms with van der Waals surface area (Å²) in [5, 5.41) is 3.28. The van der Waals surface area contributed by atoms with Crippen molar-refractivity contribution in [3.63, 3.8) is 0 Å². The Kier molecular flexibility index (Phi) is 6.36. The van der Waals surface area contributed by atoms with Gasteiger partial charge in [-0.2, -0.15) is 0 Å². The first kappa shape index (κ1) is 19.2. The Balaban J connectivity index is 2.08. The van der Waals surface area contributed by atoms with Crippen molar-refractivity contribution in [2.75, 3.05) is 14.1 Å². The van der Waals surface area contributed by atoms with E-state index in [0.29, 0.717) is 10.6 Å². The average Bonchev–Trinajstić information content (AvgIpc) is 2.58. The van der Waals surface area contributed by atoms with Crippen LogP contribution in [0.2, 0.25) is 5.02 Å². The lowest BCUT2D eigenvalue weighted by molar-refractivity contribution is -0.116. The van der Waals surface area contributed by atoms with Crippen LogP contribution in [0.1, 0.15) is 11.1 Å². The fourth-order valence-electron chi connectivity index (χ4n) is 2.12. The minimum absolute atomic E-state index is 0.113. The number of hydrogen-bond donors (Lipinski definition) is 1. The molecule has 0 spiro atoms. The molecule has 0 unspecified atom stereocenters. The normalized spacial score (nSPS) is 11.8. The molecule has 5 nitrogen and oxygen atoms in total. The standard InChI is InChI=1S/C18H19ClN2O3S/c1-21(2)25(23,24)17-9-4-3-7-15(17)13-20-18(22)11-10-14-6-5-8-16(19)12-14/h3-12H,13H2,1-2H3,(H,20,22)/b11-10+. The Labute approximate surface area is 153 Å². The Bertz CT molecular complexity index is 893. The van der Waals surface area contributed by atoms with Crippen molar-refractivity contribution in [3.05, 3.63) is 70.8 Å². The zero-order valence-corrected chi connectivity index (χ0v) is 15.5. The van der Waals surface area contributed by atoms with Crippen molar-refractivity contribution in [2.45, 2.75) is 11.4 Å². The maximum absolute atomic E-state index is 12.3.